The van der Waals surface area contributed by atoms with E-state index >= 15 is 0 Å². The minimum absolute atomic E-state index is 0.0721. The number of likely N-dealkylation sites (tertiary alicyclic amines) is 1. The van der Waals surface area contributed by atoms with E-state index in [0.29, 0.717) is 26.2 Å². The lowest BCUT2D eigenvalue weighted by molar-refractivity contribution is -0.186. The fraction of sp³-hybridized carbons (Fsp3) is 0.632. The summed E-state index contributed by atoms with van der Waals surface area (Å²) >= 11 is 0. The van der Waals surface area contributed by atoms with E-state index in [-0.39, 0.29) is 30.0 Å². The maximum atomic E-state index is 11.4. The van der Waals surface area contributed by atoms with Crippen molar-refractivity contribution < 1.29 is 19.4 Å². The summed E-state index contributed by atoms with van der Waals surface area (Å²) in [6, 6.07) is 9.70. The molecule has 26 heavy (non-hydrogen) atoms. The second-order valence-corrected chi connectivity index (χ2v) is 7.46. The second-order valence-electron chi connectivity index (χ2n) is 7.46. The van der Waals surface area contributed by atoms with Gasteiger partial charge in [0.25, 0.3) is 0 Å². The predicted molar refractivity (Wildman–Crippen MR) is 95.0 cm³/mol. The van der Waals surface area contributed by atoms with Crippen molar-refractivity contribution in [2.24, 2.45) is 11.7 Å². The summed E-state index contributed by atoms with van der Waals surface area (Å²) in [6.45, 7) is 2.59. The first-order valence-electron chi connectivity index (χ1n) is 9.39. The number of nitrogens with zero attached hydrogens (tertiary/aromatic N) is 1. The highest BCUT2D eigenvalue weighted by molar-refractivity contribution is 5.76. The first-order valence-corrected chi connectivity index (χ1v) is 9.39. The average Bonchev–Trinajstić information content (AvgIpc) is 3.08. The molecule has 0 unspecified atom stereocenters. The molecular weight excluding hydrogens is 334 g/mol. The summed E-state index contributed by atoms with van der Waals surface area (Å²) < 4.78 is 11.8. The molecule has 0 aromatic heterocycles. The number of amides is 1. The first-order chi connectivity index (χ1) is 12.6. The summed E-state index contributed by atoms with van der Waals surface area (Å²) in [6.07, 6.45) is 0.302. The Balaban J connectivity index is 1.42. The highest BCUT2D eigenvalue weighted by atomic mass is 16.7. The van der Waals surface area contributed by atoms with Crippen molar-refractivity contribution in [1.29, 1.82) is 0 Å². The summed E-state index contributed by atoms with van der Waals surface area (Å²) in [4.78, 5) is 13.6. The Hall–Kier alpha value is -1.51. The Morgan fingerprint density at radius 3 is 2.69 bits per heavy atom. The molecule has 3 heterocycles. The van der Waals surface area contributed by atoms with Crippen molar-refractivity contribution in [3.05, 3.63) is 35.9 Å². The Kier molecular flexibility index (Phi) is 5.24. The minimum Gasteiger partial charge on any atom is -0.390 e. The number of rotatable bonds is 5. The summed E-state index contributed by atoms with van der Waals surface area (Å²) in [7, 11) is 0. The molecule has 3 saturated heterocycles. The first kappa shape index (κ1) is 17.9. The van der Waals surface area contributed by atoms with Crippen LogP contribution >= 0.6 is 0 Å². The third-order valence-electron chi connectivity index (χ3n) is 5.87. The van der Waals surface area contributed by atoms with Crippen LogP contribution in [-0.4, -0.2) is 66.2 Å². The van der Waals surface area contributed by atoms with Gasteiger partial charge in [-0.25, -0.2) is 0 Å². The molecule has 7 nitrogen and oxygen atoms in total. The second kappa shape index (κ2) is 7.62. The molecule has 2 bridgehead atoms. The van der Waals surface area contributed by atoms with Crippen molar-refractivity contribution in [3.8, 4) is 0 Å². The number of nitrogens with two attached hydrogens (primary N) is 1. The largest absolute Gasteiger partial charge is 0.390 e. The Labute approximate surface area is 153 Å². The van der Waals surface area contributed by atoms with E-state index in [1.807, 2.05) is 18.2 Å². The van der Waals surface area contributed by atoms with Crippen LogP contribution in [-0.2, 0) is 20.8 Å². The Bertz CT molecular complexity index is 620. The van der Waals surface area contributed by atoms with Crippen LogP contribution < -0.4 is 11.1 Å². The standard InChI is InChI=1S/C19H27N3O4/c20-18(24)13-6-8-22(9-7-13)16-17(23)15(14-11-25-19(16)26-14)21-10-12-4-2-1-3-5-12/h1-5,13-17,19,21,23H,6-11H2,(H2,20,24)/t14-,15-,16+,17-,19+/m0/s1. The number of aliphatic hydroxyl groups is 1. The number of fused-ring (bicyclic) bond motifs is 2. The zero-order valence-electron chi connectivity index (χ0n) is 14.8. The highest BCUT2D eigenvalue weighted by Crippen LogP contribution is 2.33. The van der Waals surface area contributed by atoms with Gasteiger partial charge in [0.2, 0.25) is 5.91 Å². The number of aliphatic hydroxyl groups excluding tert-OH is 1. The number of carbonyl (C=O) groups is 1. The maximum Gasteiger partial charge on any atom is 0.220 e. The molecule has 0 saturated carbocycles. The smallest absolute Gasteiger partial charge is 0.220 e. The van der Waals surface area contributed by atoms with Crippen molar-refractivity contribution in [2.45, 2.75) is 50.0 Å². The van der Waals surface area contributed by atoms with Gasteiger partial charge in [-0.05, 0) is 31.5 Å². The molecule has 0 spiro atoms. The minimum atomic E-state index is -0.588. The normalized spacial score (nSPS) is 35.5. The molecule has 7 heteroatoms. The average molecular weight is 361 g/mol. The molecule has 142 valence electrons. The Morgan fingerprint density at radius 1 is 1.27 bits per heavy atom. The summed E-state index contributed by atoms with van der Waals surface area (Å²) in [5.41, 5.74) is 6.60. The van der Waals surface area contributed by atoms with Gasteiger partial charge in [-0.15, -0.1) is 0 Å². The quantitative estimate of drug-likeness (QED) is 0.674. The van der Waals surface area contributed by atoms with Crippen LogP contribution in [0.4, 0.5) is 0 Å². The molecule has 3 fully saturated rings. The van der Waals surface area contributed by atoms with Gasteiger partial charge >= 0.3 is 0 Å². The predicted octanol–water partition coefficient (Wildman–Crippen LogP) is -0.173. The number of piperidine rings is 1. The van der Waals surface area contributed by atoms with Crippen molar-refractivity contribution in [3.63, 3.8) is 0 Å². The SMILES string of the molecule is NC(=O)C1CCN([C@H]2[C@@H]3OC[C@H](O3)[C@H](NCc3ccccc3)[C@@H]2O)CC1. The molecule has 1 aromatic carbocycles. The number of carbonyl (C=O) groups excluding carboxylic acids is 1. The van der Waals surface area contributed by atoms with E-state index in [1.165, 1.54) is 5.56 Å². The lowest BCUT2D eigenvalue weighted by atomic mass is 9.90. The van der Waals surface area contributed by atoms with Crippen LogP contribution in [0.2, 0.25) is 0 Å². The molecule has 4 N–H and O–H groups in total. The number of hydrogen-bond acceptors (Lipinski definition) is 6. The van der Waals surface area contributed by atoms with Crippen LogP contribution in [0.1, 0.15) is 18.4 Å². The monoisotopic (exact) mass is 361 g/mol. The topological polar surface area (TPSA) is 97.1 Å². The fourth-order valence-corrected chi connectivity index (χ4v) is 4.36. The van der Waals surface area contributed by atoms with Crippen LogP contribution in [0, 0.1) is 5.92 Å². The molecule has 4 rings (SSSR count). The molecule has 3 aliphatic heterocycles. The summed E-state index contributed by atoms with van der Waals surface area (Å²) in [5.74, 6) is -0.304. The maximum absolute atomic E-state index is 11.4. The van der Waals surface area contributed by atoms with Crippen molar-refractivity contribution in [1.82, 2.24) is 10.2 Å². The molecular formula is C19H27N3O4. The van der Waals surface area contributed by atoms with E-state index in [2.05, 4.69) is 22.3 Å². The van der Waals surface area contributed by atoms with Gasteiger partial charge in [0.1, 0.15) is 6.10 Å². The van der Waals surface area contributed by atoms with Crippen LogP contribution in [0.3, 0.4) is 0 Å². The number of hydrogen-bond donors (Lipinski definition) is 3. The third kappa shape index (κ3) is 3.50. The zero-order chi connectivity index (χ0) is 18.1. The molecule has 0 aliphatic carbocycles. The van der Waals surface area contributed by atoms with E-state index < -0.39 is 12.4 Å². The van der Waals surface area contributed by atoms with Gasteiger partial charge in [0, 0.05) is 12.5 Å². The number of ether oxygens (including phenoxy) is 2. The van der Waals surface area contributed by atoms with Gasteiger partial charge in [0.15, 0.2) is 6.29 Å². The van der Waals surface area contributed by atoms with Crippen molar-refractivity contribution in [2.75, 3.05) is 19.7 Å². The van der Waals surface area contributed by atoms with Crippen LogP contribution in [0.15, 0.2) is 30.3 Å². The number of primary amides is 1. The van der Waals surface area contributed by atoms with E-state index in [4.69, 9.17) is 15.2 Å². The van der Waals surface area contributed by atoms with Crippen LogP contribution in [0.25, 0.3) is 0 Å². The molecule has 1 amide bonds. The molecule has 5 atom stereocenters. The third-order valence-corrected chi connectivity index (χ3v) is 5.87. The Morgan fingerprint density at radius 2 is 2.00 bits per heavy atom. The zero-order valence-corrected chi connectivity index (χ0v) is 14.8. The van der Waals surface area contributed by atoms with E-state index in [1.54, 1.807) is 0 Å². The van der Waals surface area contributed by atoms with Gasteiger partial charge in [0.05, 0.1) is 24.8 Å². The van der Waals surface area contributed by atoms with E-state index in [9.17, 15) is 9.90 Å². The molecule has 3 aliphatic rings. The number of benzene rings is 1. The fourth-order valence-electron chi connectivity index (χ4n) is 4.36. The van der Waals surface area contributed by atoms with Gasteiger partial charge in [-0.2, -0.15) is 0 Å². The van der Waals surface area contributed by atoms with Crippen LogP contribution in [0.5, 0.6) is 0 Å². The molecule has 0 radical (unpaired) electrons. The summed E-state index contributed by atoms with van der Waals surface area (Å²) in [5, 5.41) is 14.5. The van der Waals surface area contributed by atoms with Crippen molar-refractivity contribution >= 4 is 5.91 Å². The van der Waals surface area contributed by atoms with Gasteiger partial charge in [-0.3, -0.25) is 9.69 Å². The lowest BCUT2D eigenvalue weighted by Gasteiger charge is -2.46. The van der Waals surface area contributed by atoms with Gasteiger partial charge < -0.3 is 25.6 Å². The number of nitrogens with one attached hydrogen (secondary N) is 1. The highest BCUT2D eigenvalue weighted by Gasteiger charge is 2.52. The van der Waals surface area contributed by atoms with E-state index in [0.717, 1.165) is 12.8 Å². The molecule has 1 aromatic rings. The lowest BCUT2D eigenvalue weighted by Crippen LogP contribution is -2.65. The van der Waals surface area contributed by atoms with Gasteiger partial charge in [-0.1, -0.05) is 30.3 Å².